The van der Waals surface area contributed by atoms with Gasteiger partial charge in [0.1, 0.15) is 0 Å². The number of rotatable bonds is 5. The molecular formula is C11H13F3O2. The fraction of sp³-hybridized carbons (Fsp3) is 0.455. The van der Waals surface area contributed by atoms with Gasteiger partial charge in [-0.15, -0.1) is 13.2 Å². The first-order valence-corrected chi connectivity index (χ1v) is 5.00. The molecule has 16 heavy (non-hydrogen) atoms. The molecule has 1 rings (SSSR count). The minimum atomic E-state index is -4.69. The zero-order valence-corrected chi connectivity index (χ0v) is 8.88. The number of hydrogen-bond donors (Lipinski definition) is 0. The summed E-state index contributed by atoms with van der Waals surface area (Å²) in [6.07, 6.45) is -2.98. The van der Waals surface area contributed by atoms with Gasteiger partial charge in [0, 0.05) is 0 Å². The maximum absolute atomic E-state index is 12.0. The molecule has 0 bridgehead atoms. The highest BCUT2D eigenvalue weighted by Crippen LogP contribution is 2.31. The lowest BCUT2D eigenvalue weighted by atomic mass is 10.3. The fourth-order valence-electron chi connectivity index (χ4n) is 1.10. The summed E-state index contributed by atoms with van der Waals surface area (Å²) in [7, 11) is 0. The van der Waals surface area contributed by atoms with Crippen molar-refractivity contribution in [2.75, 3.05) is 6.61 Å². The largest absolute Gasteiger partial charge is 0.573 e. The Morgan fingerprint density at radius 2 is 1.75 bits per heavy atom. The van der Waals surface area contributed by atoms with Crippen molar-refractivity contribution in [1.82, 2.24) is 0 Å². The smallest absolute Gasteiger partial charge is 0.490 e. The van der Waals surface area contributed by atoms with E-state index < -0.39 is 6.36 Å². The van der Waals surface area contributed by atoms with Gasteiger partial charge < -0.3 is 9.47 Å². The van der Waals surface area contributed by atoms with Gasteiger partial charge in [0.05, 0.1) is 6.61 Å². The molecule has 0 N–H and O–H groups in total. The predicted octanol–water partition coefficient (Wildman–Crippen LogP) is 3.76. The van der Waals surface area contributed by atoms with Crippen LogP contribution in [0.1, 0.15) is 19.8 Å². The molecule has 0 unspecified atom stereocenters. The van der Waals surface area contributed by atoms with Gasteiger partial charge in [-0.2, -0.15) is 0 Å². The summed E-state index contributed by atoms with van der Waals surface area (Å²) in [4.78, 5) is 0. The second-order valence-corrected chi connectivity index (χ2v) is 3.20. The van der Waals surface area contributed by atoms with Crippen molar-refractivity contribution < 1.29 is 22.6 Å². The summed E-state index contributed by atoms with van der Waals surface area (Å²) in [6.45, 7) is 2.36. The quantitative estimate of drug-likeness (QED) is 0.722. The second-order valence-electron chi connectivity index (χ2n) is 3.20. The molecule has 2 nitrogen and oxygen atoms in total. The first-order valence-electron chi connectivity index (χ1n) is 5.00. The lowest BCUT2D eigenvalue weighted by Crippen LogP contribution is -2.17. The number of benzene rings is 1. The first kappa shape index (κ1) is 12.7. The van der Waals surface area contributed by atoms with Crippen molar-refractivity contribution in [2.24, 2.45) is 0 Å². The molecule has 0 saturated heterocycles. The van der Waals surface area contributed by atoms with Crippen LogP contribution in [0.25, 0.3) is 0 Å². The summed E-state index contributed by atoms with van der Waals surface area (Å²) in [5.41, 5.74) is 0. The monoisotopic (exact) mass is 234 g/mol. The lowest BCUT2D eigenvalue weighted by Gasteiger charge is -2.13. The molecule has 90 valence electrons. The summed E-state index contributed by atoms with van der Waals surface area (Å²) >= 11 is 0. The molecule has 0 atom stereocenters. The summed E-state index contributed by atoms with van der Waals surface area (Å²) < 4.78 is 45.1. The molecule has 0 aliphatic heterocycles. The Morgan fingerprint density at radius 1 is 1.12 bits per heavy atom. The standard InChI is InChI=1S/C11H13F3O2/c1-2-3-8-15-9-6-4-5-7-10(9)16-11(12,13)14/h4-7H,2-3,8H2,1H3. The van der Waals surface area contributed by atoms with Crippen molar-refractivity contribution in [3.8, 4) is 11.5 Å². The van der Waals surface area contributed by atoms with Gasteiger partial charge in [0.15, 0.2) is 11.5 Å². The maximum atomic E-state index is 12.0. The predicted molar refractivity (Wildman–Crippen MR) is 53.5 cm³/mol. The van der Waals surface area contributed by atoms with Crippen molar-refractivity contribution >= 4 is 0 Å². The Hall–Kier alpha value is -1.39. The van der Waals surface area contributed by atoms with E-state index in [-0.39, 0.29) is 11.5 Å². The molecule has 5 heteroatoms. The van der Waals surface area contributed by atoms with Crippen LogP contribution in [-0.2, 0) is 0 Å². The molecular weight excluding hydrogens is 221 g/mol. The van der Waals surface area contributed by atoms with E-state index in [1.54, 1.807) is 6.07 Å². The Kier molecular flexibility index (Phi) is 4.46. The number of alkyl halides is 3. The van der Waals surface area contributed by atoms with Crippen molar-refractivity contribution in [1.29, 1.82) is 0 Å². The van der Waals surface area contributed by atoms with Crippen LogP contribution in [0.4, 0.5) is 13.2 Å². The molecule has 0 amide bonds. The zero-order valence-electron chi connectivity index (χ0n) is 8.88. The number of halogens is 3. The van der Waals surface area contributed by atoms with Crippen LogP contribution >= 0.6 is 0 Å². The minimum absolute atomic E-state index is 0.119. The normalized spacial score (nSPS) is 11.2. The molecule has 0 aliphatic carbocycles. The van der Waals surface area contributed by atoms with E-state index >= 15 is 0 Å². The summed E-state index contributed by atoms with van der Waals surface area (Å²) in [6, 6.07) is 5.75. The van der Waals surface area contributed by atoms with E-state index in [4.69, 9.17) is 4.74 Å². The second kappa shape index (κ2) is 5.63. The van der Waals surface area contributed by atoms with Gasteiger partial charge in [-0.25, -0.2) is 0 Å². The van der Waals surface area contributed by atoms with Gasteiger partial charge in [-0.3, -0.25) is 0 Å². The van der Waals surface area contributed by atoms with Gasteiger partial charge in [0.2, 0.25) is 0 Å². The Labute approximate surface area is 92.0 Å². The van der Waals surface area contributed by atoms with Crippen LogP contribution in [0.15, 0.2) is 24.3 Å². The zero-order chi connectivity index (χ0) is 12.0. The van der Waals surface area contributed by atoms with Gasteiger partial charge >= 0.3 is 6.36 Å². The molecule has 0 saturated carbocycles. The Morgan fingerprint density at radius 3 is 2.31 bits per heavy atom. The number of unbranched alkanes of at least 4 members (excludes halogenated alkanes) is 1. The Bertz CT molecular complexity index is 323. The molecule has 0 fully saturated rings. The maximum Gasteiger partial charge on any atom is 0.573 e. The highest BCUT2D eigenvalue weighted by molar-refractivity contribution is 5.39. The van der Waals surface area contributed by atoms with Crippen LogP contribution < -0.4 is 9.47 Å². The van der Waals surface area contributed by atoms with Gasteiger partial charge in [-0.1, -0.05) is 25.5 Å². The summed E-state index contributed by atoms with van der Waals surface area (Å²) in [5, 5.41) is 0. The third kappa shape index (κ3) is 4.42. The third-order valence-corrected chi connectivity index (χ3v) is 1.83. The van der Waals surface area contributed by atoms with Crippen LogP contribution in [0.3, 0.4) is 0 Å². The highest BCUT2D eigenvalue weighted by Gasteiger charge is 2.32. The van der Waals surface area contributed by atoms with Crippen LogP contribution in [0.5, 0.6) is 11.5 Å². The molecule has 0 spiro atoms. The SMILES string of the molecule is CCCCOc1ccccc1OC(F)(F)F. The third-order valence-electron chi connectivity index (χ3n) is 1.83. The Balaban J connectivity index is 2.68. The van der Waals surface area contributed by atoms with Gasteiger partial charge in [-0.05, 0) is 18.6 Å². The van der Waals surface area contributed by atoms with Crippen molar-refractivity contribution in [3.05, 3.63) is 24.3 Å². The van der Waals surface area contributed by atoms with Crippen molar-refractivity contribution in [2.45, 2.75) is 26.1 Å². The fourth-order valence-corrected chi connectivity index (χ4v) is 1.10. The topological polar surface area (TPSA) is 18.5 Å². The van der Waals surface area contributed by atoms with E-state index in [9.17, 15) is 13.2 Å². The summed E-state index contributed by atoms with van der Waals surface area (Å²) in [5.74, 6) is -0.181. The molecule has 0 aromatic heterocycles. The van der Waals surface area contributed by atoms with Gasteiger partial charge in [0.25, 0.3) is 0 Å². The average molecular weight is 234 g/mol. The minimum Gasteiger partial charge on any atom is -0.490 e. The number of ether oxygens (including phenoxy) is 2. The van der Waals surface area contributed by atoms with E-state index in [1.165, 1.54) is 18.2 Å². The molecule has 0 radical (unpaired) electrons. The first-order chi connectivity index (χ1) is 7.53. The number of para-hydroxylation sites is 2. The van der Waals surface area contributed by atoms with Crippen LogP contribution in [0.2, 0.25) is 0 Å². The molecule has 1 aromatic carbocycles. The molecule has 0 heterocycles. The van der Waals surface area contributed by atoms with E-state index in [0.717, 1.165) is 12.8 Å². The molecule has 1 aromatic rings. The lowest BCUT2D eigenvalue weighted by molar-refractivity contribution is -0.275. The average Bonchev–Trinajstić information content (AvgIpc) is 2.19. The van der Waals surface area contributed by atoms with Crippen molar-refractivity contribution in [3.63, 3.8) is 0 Å². The van der Waals surface area contributed by atoms with E-state index in [0.29, 0.717) is 6.61 Å². The van der Waals surface area contributed by atoms with Crippen LogP contribution in [-0.4, -0.2) is 13.0 Å². The highest BCUT2D eigenvalue weighted by atomic mass is 19.4. The van der Waals surface area contributed by atoms with E-state index in [1.807, 2.05) is 6.92 Å². The van der Waals surface area contributed by atoms with Crippen LogP contribution in [0, 0.1) is 0 Å². The van der Waals surface area contributed by atoms with E-state index in [2.05, 4.69) is 4.74 Å². The molecule has 0 aliphatic rings. The number of hydrogen-bond acceptors (Lipinski definition) is 2.